The van der Waals surface area contributed by atoms with E-state index in [2.05, 4.69) is 33.9 Å². The minimum Gasteiger partial charge on any atom is -0.339 e. The van der Waals surface area contributed by atoms with Crippen LogP contribution < -0.4 is 4.90 Å². The summed E-state index contributed by atoms with van der Waals surface area (Å²) in [6, 6.07) is 10.1. The maximum atomic E-state index is 12.4. The van der Waals surface area contributed by atoms with Crippen LogP contribution in [-0.2, 0) is 11.2 Å². The van der Waals surface area contributed by atoms with Gasteiger partial charge in [-0.25, -0.2) is 9.97 Å². The Morgan fingerprint density at radius 3 is 2.43 bits per heavy atom. The second-order valence-corrected chi connectivity index (χ2v) is 5.84. The van der Waals surface area contributed by atoms with Crippen molar-refractivity contribution >= 4 is 11.9 Å². The number of amides is 1. The van der Waals surface area contributed by atoms with Gasteiger partial charge in [-0.15, -0.1) is 0 Å². The Labute approximate surface area is 137 Å². The van der Waals surface area contributed by atoms with E-state index in [1.165, 1.54) is 11.1 Å². The summed E-state index contributed by atoms with van der Waals surface area (Å²) in [6.07, 6.45) is 4.89. The molecule has 1 aliphatic heterocycles. The molecule has 1 saturated heterocycles. The van der Waals surface area contributed by atoms with E-state index < -0.39 is 0 Å². The van der Waals surface area contributed by atoms with E-state index in [1.807, 2.05) is 23.1 Å². The number of carbonyl (C=O) groups is 1. The third-order valence-corrected chi connectivity index (χ3v) is 4.34. The Morgan fingerprint density at radius 2 is 1.74 bits per heavy atom. The van der Waals surface area contributed by atoms with Crippen molar-refractivity contribution in [2.24, 2.45) is 0 Å². The third kappa shape index (κ3) is 3.86. The first kappa shape index (κ1) is 15.5. The molecule has 0 aliphatic carbocycles. The molecular formula is C18H22N4O. The van der Waals surface area contributed by atoms with Crippen LogP contribution in [0.25, 0.3) is 0 Å². The first-order valence-electron chi connectivity index (χ1n) is 8.08. The summed E-state index contributed by atoms with van der Waals surface area (Å²) in [6.45, 7) is 5.16. The smallest absolute Gasteiger partial charge is 0.225 e. The largest absolute Gasteiger partial charge is 0.339 e. The van der Waals surface area contributed by atoms with Crippen molar-refractivity contribution in [2.75, 3.05) is 31.1 Å². The van der Waals surface area contributed by atoms with Gasteiger partial charge in [-0.1, -0.05) is 24.3 Å². The van der Waals surface area contributed by atoms with Gasteiger partial charge >= 0.3 is 0 Å². The van der Waals surface area contributed by atoms with Gasteiger partial charge in [0.1, 0.15) is 0 Å². The fourth-order valence-corrected chi connectivity index (χ4v) is 2.90. The van der Waals surface area contributed by atoms with Crippen molar-refractivity contribution in [1.82, 2.24) is 14.9 Å². The fraction of sp³-hybridized carbons (Fsp3) is 0.389. The van der Waals surface area contributed by atoms with Gasteiger partial charge in [-0.05, 0) is 30.5 Å². The predicted octanol–water partition coefficient (Wildman–Crippen LogP) is 2.07. The average molecular weight is 310 g/mol. The SMILES string of the molecule is Cc1ccccc1CCC(=O)N1CCN(c2ncccn2)CC1. The van der Waals surface area contributed by atoms with Crippen molar-refractivity contribution in [3.05, 3.63) is 53.9 Å². The van der Waals surface area contributed by atoms with Crippen molar-refractivity contribution in [1.29, 1.82) is 0 Å². The number of carbonyl (C=O) groups excluding carboxylic acids is 1. The van der Waals surface area contributed by atoms with Crippen LogP contribution in [0.15, 0.2) is 42.7 Å². The highest BCUT2D eigenvalue weighted by Crippen LogP contribution is 2.13. The van der Waals surface area contributed by atoms with Crippen LogP contribution in [-0.4, -0.2) is 47.0 Å². The second kappa shape index (κ2) is 7.22. The summed E-state index contributed by atoms with van der Waals surface area (Å²) in [5, 5.41) is 0. The summed E-state index contributed by atoms with van der Waals surface area (Å²) in [7, 11) is 0. The number of benzene rings is 1. The molecule has 23 heavy (non-hydrogen) atoms. The molecule has 1 aromatic heterocycles. The molecule has 5 nitrogen and oxygen atoms in total. The number of hydrogen-bond acceptors (Lipinski definition) is 4. The molecule has 1 amide bonds. The molecule has 0 bridgehead atoms. The third-order valence-electron chi connectivity index (χ3n) is 4.34. The molecule has 3 rings (SSSR count). The van der Waals surface area contributed by atoms with Crippen molar-refractivity contribution < 1.29 is 4.79 Å². The van der Waals surface area contributed by atoms with Gasteiger partial charge in [0.15, 0.2) is 0 Å². The standard InChI is InChI=1S/C18H22N4O/c1-15-5-2-3-6-16(15)7-8-17(23)21-11-13-22(14-12-21)18-19-9-4-10-20-18/h2-6,9-10H,7-8,11-14H2,1H3. The monoisotopic (exact) mass is 310 g/mol. The molecule has 1 fully saturated rings. The first-order chi connectivity index (χ1) is 11.2. The molecule has 0 saturated carbocycles. The number of nitrogens with zero attached hydrogens (tertiary/aromatic N) is 4. The zero-order valence-corrected chi connectivity index (χ0v) is 13.5. The van der Waals surface area contributed by atoms with E-state index in [0.29, 0.717) is 6.42 Å². The lowest BCUT2D eigenvalue weighted by molar-refractivity contribution is -0.131. The molecule has 120 valence electrons. The highest BCUT2D eigenvalue weighted by Gasteiger charge is 2.22. The van der Waals surface area contributed by atoms with E-state index >= 15 is 0 Å². The van der Waals surface area contributed by atoms with Crippen molar-refractivity contribution in [2.45, 2.75) is 19.8 Å². The van der Waals surface area contributed by atoms with Gasteiger partial charge in [0, 0.05) is 45.0 Å². The molecule has 0 unspecified atom stereocenters. The predicted molar refractivity (Wildman–Crippen MR) is 90.3 cm³/mol. The topological polar surface area (TPSA) is 49.3 Å². The molecule has 0 spiro atoms. The summed E-state index contributed by atoms with van der Waals surface area (Å²) >= 11 is 0. The van der Waals surface area contributed by atoms with Crippen LogP contribution in [0.4, 0.5) is 5.95 Å². The Morgan fingerprint density at radius 1 is 1.04 bits per heavy atom. The number of rotatable bonds is 4. The van der Waals surface area contributed by atoms with E-state index in [4.69, 9.17) is 0 Å². The van der Waals surface area contributed by atoms with Gasteiger partial charge in [0.05, 0.1) is 0 Å². The number of anilines is 1. The van der Waals surface area contributed by atoms with Crippen LogP contribution in [0.2, 0.25) is 0 Å². The highest BCUT2D eigenvalue weighted by molar-refractivity contribution is 5.76. The first-order valence-corrected chi connectivity index (χ1v) is 8.08. The van der Waals surface area contributed by atoms with Crippen LogP contribution >= 0.6 is 0 Å². The van der Waals surface area contributed by atoms with Crippen LogP contribution in [0.5, 0.6) is 0 Å². The highest BCUT2D eigenvalue weighted by atomic mass is 16.2. The summed E-state index contributed by atoms with van der Waals surface area (Å²) < 4.78 is 0. The Bertz CT molecular complexity index is 651. The van der Waals surface area contributed by atoms with E-state index in [0.717, 1.165) is 38.5 Å². The lowest BCUT2D eigenvalue weighted by atomic mass is 10.0. The van der Waals surface area contributed by atoms with Crippen LogP contribution in [0.3, 0.4) is 0 Å². The molecule has 1 aliphatic rings. The molecule has 2 aromatic rings. The zero-order chi connectivity index (χ0) is 16.1. The van der Waals surface area contributed by atoms with E-state index in [9.17, 15) is 4.79 Å². The van der Waals surface area contributed by atoms with Gasteiger partial charge in [0.25, 0.3) is 0 Å². The Kier molecular flexibility index (Phi) is 4.86. The lowest BCUT2D eigenvalue weighted by Gasteiger charge is -2.34. The minimum absolute atomic E-state index is 0.238. The zero-order valence-electron chi connectivity index (χ0n) is 13.5. The molecule has 1 aromatic carbocycles. The van der Waals surface area contributed by atoms with E-state index in [1.54, 1.807) is 12.4 Å². The maximum absolute atomic E-state index is 12.4. The number of aromatic nitrogens is 2. The van der Waals surface area contributed by atoms with E-state index in [-0.39, 0.29) is 5.91 Å². The molecule has 0 N–H and O–H groups in total. The normalized spacial score (nSPS) is 14.8. The minimum atomic E-state index is 0.238. The number of hydrogen-bond donors (Lipinski definition) is 0. The summed E-state index contributed by atoms with van der Waals surface area (Å²) in [5.41, 5.74) is 2.52. The second-order valence-electron chi connectivity index (χ2n) is 5.84. The molecular weight excluding hydrogens is 288 g/mol. The number of aryl methyl sites for hydroxylation is 2. The summed E-state index contributed by atoms with van der Waals surface area (Å²) in [5.74, 6) is 0.987. The fourth-order valence-electron chi connectivity index (χ4n) is 2.90. The van der Waals surface area contributed by atoms with Gasteiger partial charge in [-0.2, -0.15) is 0 Å². The van der Waals surface area contributed by atoms with Gasteiger partial charge < -0.3 is 9.80 Å². The van der Waals surface area contributed by atoms with Gasteiger partial charge in [-0.3, -0.25) is 4.79 Å². The molecule has 5 heteroatoms. The quantitative estimate of drug-likeness (QED) is 0.867. The number of piperazine rings is 1. The summed E-state index contributed by atoms with van der Waals surface area (Å²) in [4.78, 5) is 25.0. The van der Waals surface area contributed by atoms with Crippen molar-refractivity contribution in [3.8, 4) is 0 Å². The van der Waals surface area contributed by atoms with Crippen molar-refractivity contribution in [3.63, 3.8) is 0 Å². The molecule has 0 atom stereocenters. The lowest BCUT2D eigenvalue weighted by Crippen LogP contribution is -2.49. The van der Waals surface area contributed by atoms with Gasteiger partial charge in [0.2, 0.25) is 11.9 Å². The van der Waals surface area contributed by atoms with Crippen LogP contribution in [0, 0.1) is 6.92 Å². The maximum Gasteiger partial charge on any atom is 0.225 e. The molecule has 2 heterocycles. The Hall–Kier alpha value is -2.43. The average Bonchev–Trinajstić information content (AvgIpc) is 2.62. The Balaban J connectivity index is 1.50. The molecule has 0 radical (unpaired) electrons. The van der Waals surface area contributed by atoms with Crippen LogP contribution in [0.1, 0.15) is 17.5 Å².